The average Bonchev–Trinajstić information content (AvgIpc) is 1.41. The van der Waals surface area contributed by atoms with E-state index >= 15 is 0 Å². The van der Waals surface area contributed by atoms with Crippen LogP contribution in [0, 0.1) is 0 Å². The molecule has 1 unspecified atom stereocenters. The van der Waals surface area contributed by atoms with Crippen LogP contribution in [0.2, 0.25) is 0 Å². The van der Waals surface area contributed by atoms with Crippen LogP contribution >= 0.6 is 9.24 Å². The fourth-order valence-electron chi connectivity index (χ4n) is 0. The van der Waals surface area contributed by atoms with Crippen molar-refractivity contribution in [3.8, 4) is 0 Å². The van der Waals surface area contributed by atoms with E-state index in [-0.39, 0.29) is 0 Å². The molecule has 0 fully saturated rings. The molecule has 38 valence electrons. The zero-order valence-electron chi connectivity index (χ0n) is 3.93. The normalized spacial score (nSPS) is 5.17. The van der Waals surface area contributed by atoms with Crippen LogP contribution in [0.25, 0.3) is 0 Å². The van der Waals surface area contributed by atoms with E-state index in [9.17, 15) is 0 Å². The molecule has 0 aliphatic rings. The van der Waals surface area contributed by atoms with Crippen molar-refractivity contribution < 1.29 is 9.90 Å². The molecular formula is C3H9O2P. The fraction of sp³-hybridized carbons (Fsp3) is 0.667. The summed E-state index contributed by atoms with van der Waals surface area (Å²) in [5, 5.41) is 7.42. The van der Waals surface area contributed by atoms with Gasteiger partial charge in [0.2, 0.25) is 0 Å². The van der Waals surface area contributed by atoms with E-state index in [0.717, 1.165) is 6.92 Å². The lowest BCUT2D eigenvalue weighted by Gasteiger charge is -1.59. The molecule has 0 spiro atoms. The Balaban J connectivity index is 0. The van der Waals surface area contributed by atoms with Gasteiger partial charge in [-0.2, -0.15) is 0 Å². The van der Waals surface area contributed by atoms with E-state index in [1.54, 1.807) is 0 Å². The summed E-state index contributed by atoms with van der Waals surface area (Å²) in [5.74, 6) is -0.833. The van der Waals surface area contributed by atoms with Crippen molar-refractivity contribution in [2.24, 2.45) is 0 Å². The van der Waals surface area contributed by atoms with Crippen LogP contribution in [-0.2, 0) is 4.79 Å². The Morgan fingerprint density at radius 1 is 1.67 bits per heavy atom. The lowest BCUT2D eigenvalue weighted by Crippen LogP contribution is -1.78. The second-order valence-corrected chi connectivity index (χ2v) is 0.519. The second kappa shape index (κ2) is 8.86. The molecule has 1 atom stereocenters. The third-order valence-corrected chi connectivity index (χ3v) is 0. The van der Waals surface area contributed by atoms with E-state index in [2.05, 4.69) is 9.24 Å². The summed E-state index contributed by atoms with van der Waals surface area (Å²) >= 11 is 0. The quantitative estimate of drug-likeness (QED) is 0.461. The van der Waals surface area contributed by atoms with Crippen molar-refractivity contribution >= 4 is 15.2 Å². The van der Waals surface area contributed by atoms with Crippen LogP contribution in [0.3, 0.4) is 0 Å². The van der Waals surface area contributed by atoms with Gasteiger partial charge in [-0.1, -0.05) is 6.66 Å². The van der Waals surface area contributed by atoms with Crippen molar-refractivity contribution in [3.63, 3.8) is 0 Å². The number of aliphatic carboxylic acids is 1. The lowest BCUT2D eigenvalue weighted by molar-refractivity contribution is -0.134. The predicted octanol–water partition coefficient (Wildman–Crippen LogP) is 0.582. The number of carboxylic acid groups (broad SMARTS) is 1. The first-order chi connectivity index (χ1) is 2.73. The Hall–Kier alpha value is -0.100. The number of hydrogen-bond donors (Lipinski definition) is 1. The van der Waals surface area contributed by atoms with Gasteiger partial charge in [-0.3, -0.25) is 4.79 Å². The van der Waals surface area contributed by atoms with Gasteiger partial charge in [-0.15, -0.1) is 9.24 Å². The van der Waals surface area contributed by atoms with E-state index in [1.165, 1.54) is 0 Å². The van der Waals surface area contributed by atoms with Gasteiger partial charge < -0.3 is 5.11 Å². The highest BCUT2D eigenvalue weighted by Crippen LogP contribution is 1.46. The summed E-state index contributed by atoms with van der Waals surface area (Å²) in [6, 6.07) is 0. The molecule has 0 bridgehead atoms. The van der Waals surface area contributed by atoms with Crippen molar-refractivity contribution in [2.75, 3.05) is 6.66 Å². The maximum absolute atomic E-state index is 9.00. The first-order valence-electron chi connectivity index (χ1n) is 1.51. The smallest absolute Gasteiger partial charge is 0.300 e. The summed E-state index contributed by atoms with van der Waals surface area (Å²) in [4.78, 5) is 9.00. The molecule has 6 heavy (non-hydrogen) atoms. The van der Waals surface area contributed by atoms with Crippen molar-refractivity contribution in [3.05, 3.63) is 0 Å². The number of rotatable bonds is 0. The molecule has 0 heterocycles. The van der Waals surface area contributed by atoms with Crippen molar-refractivity contribution in [1.82, 2.24) is 0 Å². The van der Waals surface area contributed by atoms with Crippen LogP contribution in [0.15, 0.2) is 0 Å². The van der Waals surface area contributed by atoms with Gasteiger partial charge in [-0.25, -0.2) is 0 Å². The molecule has 0 aromatic rings. The first-order valence-corrected chi connectivity index (χ1v) is 2.66. The standard InChI is InChI=1S/C2H4O2.CH5P/c1-2(3)4;1-2/h1H3,(H,3,4);2H2,1H3. The molecule has 0 amide bonds. The van der Waals surface area contributed by atoms with Gasteiger partial charge in [0.25, 0.3) is 5.97 Å². The summed E-state index contributed by atoms with van der Waals surface area (Å²) in [6.07, 6.45) is 0. The van der Waals surface area contributed by atoms with Crippen LogP contribution in [0.4, 0.5) is 0 Å². The minimum atomic E-state index is -0.833. The van der Waals surface area contributed by atoms with Gasteiger partial charge in [0.05, 0.1) is 0 Å². The average molecular weight is 108 g/mol. The van der Waals surface area contributed by atoms with Gasteiger partial charge in [0.1, 0.15) is 0 Å². The molecule has 0 aromatic heterocycles. The Kier molecular flexibility index (Phi) is 13.8. The molecule has 2 nitrogen and oxygen atoms in total. The highest BCUT2D eigenvalue weighted by molar-refractivity contribution is 7.15. The number of hydrogen-bond acceptors (Lipinski definition) is 1. The molecule has 0 aliphatic carbocycles. The van der Waals surface area contributed by atoms with Crippen molar-refractivity contribution in [1.29, 1.82) is 0 Å². The summed E-state index contributed by atoms with van der Waals surface area (Å²) in [7, 11) is 2.42. The number of carboxylic acids is 1. The summed E-state index contributed by atoms with van der Waals surface area (Å²) in [6.45, 7) is 3.00. The molecule has 0 aliphatic heterocycles. The van der Waals surface area contributed by atoms with Gasteiger partial charge in [0, 0.05) is 6.92 Å². The van der Waals surface area contributed by atoms with E-state index in [0.29, 0.717) is 0 Å². The molecule has 0 saturated carbocycles. The zero-order chi connectivity index (χ0) is 5.58. The molecule has 0 aromatic carbocycles. The van der Waals surface area contributed by atoms with E-state index in [4.69, 9.17) is 9.90 Å². The number of carbonyl (C=O) groups is 1. The maximum Gasteiger partial charge on any atom is 0.300 e. The molecule has 1 N–H and O–H groups in total. The predicted molar refractivity (Wildman–Crippen MR) is 28.9 cm³/mol. The summed E-state index contributed by atoms with van der Waals surface area (Å²) in [5.41, 5.74) is 0. The summed E-state index contributed by atoms with van der Waals surface area (Å²) < 4.78 is 0. The fourth-order valence-corrected chi connectivity index (χ4v) is 0. The minimum Gasteiger partial charge on any atom is -0.481 e. The Bertz CT molecular complexity index is 31.8. The molecule has 3 heteroatoms. The van der Waals surface area contributed by atoms with E-state index in [1.807, 2.05) is 6.66 Å². The third-order valence-electron chi connectivity index (χ3n) is 0. The Morgan fingerprint density at radius 2 is 1.67 bits per heavy atom. The third kappa shape index (κ3) is 3280. The molecule has 0 rings (SSSR count). The highest BCUT2D eigenvalue weighted by atomic mass is 31.0. The lowest BCUT2D eigenvalue weighted by atomic mass is 10.9. The zero-order valence-corrected chi connectivity index (χ0v) is 5.09. The molecular weight excluding hydrogens is 99.0 g/mol. The Labute approximate surface area is 39.8 Å². The van der Waals surface area contributed by atoms with Gasteiger partial charge in [-0.05, 0) is 0 Å². The highest BCUT2D eigenvalue weighted by Gasteiger charge is 1.65. The molecule has 0 radical (unpaired) electrons. The maximum atomic E-state index is 9.00. The van der Waals surface area contributed by atoms with Gasteiger partial charge >= 0.3 is 0 Å². The van der Waals surface area contributed by atoms with Crippen LogP contribution in [0.5, 0.6) is 0 Å². The SMILES string of the molecule is CC(=O)O.CP. The van der Waals surface area contributed by atoms with Gasteiger partial charge in [0.15, 0.2) is 0 Å². The van der Waals surface area contributed by atoms with Crippen molar-refractivity contribution in [2.45, 2.75) is 6.92 Å². The van der Waals surface area contributed by atoms with E-state index < -0.39 is 5.97 Å². The second-order valence-electron chi connectivity index (χ2n) is 0.519. The van der Waals surface area contributed by atoms with Crippen LogP contribution < -0.4 is 0 Å². The monoisotopic (exact) mass is 108 g/mol. The first kappa shape index (κ1) is 9.31. The largest absolute Gasteiger partial charge is 0.481 e. The molecule has 0 saturated heterocycles. The van der Waals surface area contributed by atoms with Crippen LogP contribution in [-0.4, -0.2) is 17.7 Å². The minimum absolute atomic E-state index is 0.833. The topological polar surface area (TPSA) is 37.3 Å². The van der Waals surface area contributed by atoms with Crippen LogP contribution in [0.1, 0.15) is 6.92 Å². The Morgan fingerprint density at radius 3 is 1.67 bits per heavy atom.